The van der Waals surface area contributed by atoms with Crippen molar-refractivity contribution in [3.63, 3.8) is 0 Å². The van der Waals surface area contributed by atoms with Crippen molar-refractivity contribution in [2.24, 2.45) is 0 Å². The molecule has 0 aliphatic heterocycles. The van der Waals surface area contributed by atoms with E-state index in [1.54, 1.807) is 6.07 Å². The van der Waals surface area contributed by atoms with Gasteiger partial charge in [-0.2, -0.15) is 0 Å². The average Bonchev–Trinajstić information content (AvgIpc) is 2.56. The van der Waals surface area contributed by atoms with Crippen molar-refractivity contribution in [3.8, 4) is 22.4 Å². The van der Waals surface area contributed by atoms with E-state index < -0.39 is 0 Å². The summed E-state index contributed by atoms with van der Waals surface area (Å²) in [6.07, 6.45) is 1.86. The highest BCUT2D eigenvalue weighted by Gasteiger charge is 2.09. The third-order valence-corrected chi connectivity index (χ3v) is 4.14. The molecule has 2 heteroatoms. The van der Waals surface area contributed by atoms with Crippen molar-refractivity contribution >= 4 is 0 Å². The van der Waals surface area contributed by atoms with Gasteiger partial charge in [0.2, 0.25) is 0 Å². The van der Waals surface area contributed by atoms with Crippen LogP contribution in [0.2, 0.25) is 0 Å². The van der Waals surface area contributed by atoms with Gasteiger partial charge in [0.05, 0.1) is 5.69 Å². The van der Waals surface area contributed by atoms with Crippen LogP contribution in [0.25, 0.3) is 22.4 Å². The van der Waals surface area contributed by atoms with Gasteiger partial charge < -0.3 is 0 Å². The van der Waals surface area contributed by atoms with E-state index in [0.717, 1.165) is 27.9 Å². The van der Waals surface area contributed by atoms with E-state index in [-0.39, 0.29) is 11.7 Å². The van der Waals surface area contributed by atoms with E-state index in [1.807, 2.05) is 56.4 Å². The molecule has 0 amide bonds. The van der Waals surface area contributed by atoms with Crippen molar-refractivity contribution < 1.29 is 4.39 Å². The smallest absolute Gasteiger partial charge is 0.126 e. The van der Waals surface area contributed by atoms with Crippen LogP contribution in [0, 0.1) is 12.7 Å². The maximum atomic E-state index is 13.9. The van der Waals surface area contributed by atoms with Gasteiger partial charge in [-0.15, -0.1) is 0 Å². The number of halogens is 1. The van der Waals surface area contributed by atoms with Crippen LogP contribution >= 0.6 is 0 Å². The Balaban J connectivity index is 1.97. The van der Waals surface area contributed by atoms with Crippen molar-refractivity contribution in [1.29, 1.82) is 0 Å². The molecule has 23 heavy (non-hydrogen) atoms. The van der Waals surface area contributed by atoms with E-state index in [4.69, 9.17) is 0 Å². The number of aromatic nitrogens is 1. The molecule has 116 valence electrons. The van der Waals surface area contributed by atoms with Crippen molar-refractivity contribution in [2.75, 3.05) is 0 Å². The quantitative estimate of drug-likeness (QED) is 0.579. The molecule has 1 heterocycles. The number of nitrogens with zero attached hydrogens (tertiary/aromatic N) is 1. The highest BCUT2D eigenvalue weighted by molar-refractivity contribution is 5.68. The molecule has 2 aromatic carbocycles. The van der Waals surface area contributed by atoms with E-state index in [1.165, 1.54) is 5.56 Å². The summed E-state index contributed by atoms with van der Waals surface area (Å²) in [7, 11) is 0. The van der Waals surface area contributed by atoms with Crippen LogP contribution in [0.4, 0.5) is 4.39 Å². The number of aryl methyl sites for hydroxylation is 1. The van der Waals surface area contributed by atoms with Gasteiger partial charge in [-0.3, -0.25) is 4.98 Å². The first-order valence-electron chi connectivity index (χ1n) is 7.88. The maximum absolute atomic E-state index is 13.9. The molecule has 3 rings (SSSR count). The molecule has 0 fully saturated rings. The first-order valence-corrected chi connectivity index (χ1v) is 7.88. The molecule has 0 saturated heterocycles. The van der Waals surface area contributed by atoms with Crippen molar-refractivity contribution in [2.45, 2.75) is 26.7 Å². The summed E-state index contributed by atoms with van der Waals surface area (Å²) >= 11 is 0. The molecule has 0 unspecified atom stereocenters. The van der Waals surface area contributed by atoms with E-state index in [9.17, 15) is 4.39 Å². The molecule has 0 N–H and O–H groups in total. The summed E-state index contributed by atoms with van der Waals surface area (Å²) in [4.78, 5) is 4.59. The predicted molar refractivity (Wildman–Crippen MR) is 93.9 cm³/mol. The highest BCUT2D eigenvalue weighted by Crippen LogP contribution is 2.28. The Morgan fingerprint density at radius 1 is 0.913 bits per heavy atom. The SMILES string of the molecule is Cc1ccccc1-c1ccc(-c2ccc(F)c(C(C)C)c2)cn1. The second-order valence-corrected chi connectivity index (χ2v) is 6.14. The molecule has 1 aromatic heterocycles. The third-order valence-electron chi connectivity index (χ3n) is 4.14. The average molecular weight is 305 g/mol. The Labute approximate surface area is 136 Å². The van der Waals surface area contributed by atoms with Crippen LogP contribution < -0.4 is 0 Å². The van der Waals surface area contributed by atoms with Crippen LogP contribution in [-0.4, -0.2) is 4.98 Å². The first kappa shape index (κ1) is 15.4. The van der Waals surface area contributed by atoms with Crippen LogP contribution in [0.1, 0.15) is 30.9 Å². The van der Waals surface area contributed by atoms with E-state index in [0.29, 0.717) is 0 Å². The summed E-state index contributed by atoms with van der Waals surface area (Å²) in [5.74, 6) is 0.0161. The van der Waals surface area contributed by atoms with Crippen LogP contribution in [0.5, 0.6) is 0 Å². The van der Waals surface area contributed by atoms with Gasteiger partial charge in [0.25, 0.3) is 0 Å². The second-order valence-electron chi connectivity index (χ2n) is 6.14. The number of rotatable bonds is 3. The van der Waals surface area contributed by atoms with Crippen molar-refractivity contribution in [3.05, 3.63) is 77.7 Å². The molecular weight excluding hydrogens is 285 g/mol. The lowest BCUT2D eigenvalue weighted by Gasteiger charge is -2.10. The Kier molecular flexibility index (Phi) is 4.24. The molecule has 0 radical (unpaired) electrons. The summed E-state index contributed by atoms with van der Waals surface area (Å²) in [6.45, 7) is 6.09. The fourth-order valence-corrected chi connectivity index (χ4v) is 2.75. The standard InChI is InChI=1S/C21H20FN/c1-14(2)19-12-16(8-10-20(19)22)17-9-11-21(23-13-17)18-7-5-4-6-15(18)3/h4-14H,1-3H3. The summed E-state index contributed by atoms with van der Waals surface area (Å²) < 4.78 is 13.9. The Morgan fingerprint density at radius 2 is 1.65 bits per heavy atom. The minimum Gasteiger partial charge on any atom is -0.256 e. The minimum absolute atomic E-state index is 0.145. The predicted octanol–water partition coefficient (Wildman–Crippen LogP) is 5.99. The second kappa shape index (κ2) is 6.33. The maximum Gasteiger partial charge on any atom is 0.126 e. The molecule has 0 bridgehead atoms. The van der Waals surface area contributed by atoms with Crippen LogP contribution in [-0.2, 0) is 0 Å². The largest absolute Gasteiger partial charge is 0.256 e. The molecule has 1 nitrogen and oxygen atoms in total. The zero-order valence-corrected chi connectivity index (χ0v) is 13.7. The van der Waals surface area contributed by atoms with Crippen LogP contribution in [0.15, 0.2) is 60.8 Å². The summed E-state index contributed by atoms with van der Waals surface area (Å²) in [6, 6.07) is 17.6. The van der Waals surface area contributed by atoms with E-state index >= 15 is 0 Å². The lowest BCUT2D eigenvalue weighted by molar-refractivity contribution is 0.598. The fourth-order valence-electron chi connectivity index (χ4n) is 2.75. The molecular formula is C21H20FN. The fraction of sp³-hybridized carbons (Fsp3) is 0.190. The normalized spacial score (nSPS) is 11.0. The number of hydrogen-bond donors (Lipinski definition) is 0. The molecule has 0 aliphatic rings. The Hall–Kier alpha value is -2.48. The van der Waals surface area contributed by atoms with E-state index in [2.05, 4.69) is 24.0 Å². The van der Waals surface area contributed by atoms with Gasteiger partial charge >= 0.3 is 0 Å². The van der Waals surface area contributed by atoms with Gasteiger partial charge in [-0.1, -0.05) is 50.2 Å². The lowest BCUT2D eigenvalue weighted by Crippen LogP contribution is -1.94. The van der Waals surface area contributed by atoms with Gasteiger partial charge in [-0.05, 0) is 47.7 Å². The van der Waals surface area contributed by atoms with Crippen LogP contribution in [0.3, 0.4) is 0 Å². The zero-order valence-electron chi connectivity index (χ0n) is 13.7. The lowest BCUT2D eigenvalue weighted by atomic mass is 9.97. The summed E-state index contributed by atoms with van der Waals surface area (Å²) in [5, 5.41) is 0. The monoisotopic (exact) mass is 305 g/mol. The topological polar surface area (TPSA) is 12.9 Å². The number of hydrogen-bond acceptors (Lipinski definition) is 1. The number of pyridine rings is 1. The van der Waals surface area contributed by atoms with Crippen molar-refractivity contribution in [1.82, 2.24) is 4.98 Å². The molecule has 0 spiro atoms. The van der Waals surface area contributed by atoms with Gasteiger partial charge in [-0.25, -0.2) is 4.39 Å². The third kappa shape index (κ3) is 3.16. The zero-order chi connectivity index (χ0) is 16.4. The Bertz CT molecular complexity index is 820. The van der Waals surface area contributed by atoms with Gasteiger partial charge in [0, 0.05) is 17.3 Å². The highest BCUT2D eigenvalue weighted by atomic mass is 19.1. The Morgan fingerprint density at radius 3 is 2.30 bits per heavy atom. The molecule has 0 aliphatic carbocycles. The summed E-state index contributed by atoms with van der Waals surface area (Å²) in [5.41, 5.74) is 6.05. The number of benzene rings is 2. The minimum atomic E-state index is -0.145. The molecule has 0 saturated carbocycles. The molecule has 3 aromatic rings. The molecule has 0 atom stereocenters. The van der Waals surface area contributed by atoms with Gasteiger partial charge in [0.1, 0.15) is 5.82 Å². The van der Waals surface area contributed by atoms with Gasteiger partial charge in [0.15, 0.2) is 0 Å². The first-order chi connectivity index (χ1) is 11.1.